The van der Waals surface area contributed by atoms with Crippen LogP contribution in [0.5, 0.6) is 11.5 Å². The number of hydrogen-bond acceptors (Lipinski definition) is 4. The van der Waals surface area contributed by atoms with Crippen molar-refractivity contribution < 1.29 is 9.66 Å². The lowest BCUT2D eigenvalue weighted by atomic mass is 10.1. The number of aryl methyl sites for hydroxylation is 1. The number of hydrogen-bond donors (Lipinski definition) is 1. The van der Waals surface area contributed by atoms with Crippen LogP contribution in [0, 0.1) is 24.0 Å². The summed E-state index contributed by atoms with van der Waals surface area (Å²) in [6, 6.07) is 10.7. The van der Waals surface area contributed by atoms with Crippen LogP contribution in [0.25, 0.3) is 0 Å². The molecule has 0 amide bonds. The van der Waals surface area contributed by atoms with Crippen LogP contribution in [0.3, 0.4) is 0 Å². The molecule has 2 aromatic rings. The van der Waals surface area contributed by atoms with Crippen LogP contribution >= 0.6 is 0 Å². The van der Waals surface area contributed by atoms with Crippen LogP contribution in [0.2, 0.25) is 0 Å². The van der Waals surface area contributed by atoms with E-state index in [0.717, 1.165) is 11.1 Å². The minimum absolute atomic E-state index is 0.0414. The first-order chi connectivity index (χ1) is 10.0. The fourth-order valence-electron chi connectivity index (χ4n) is 2.08. The molecular formula is C16H18N2O3. The summed E-state index contributed by atoms with van der Waals surface area (Å²) in [5, 5.41) is 14.3. The molecule has 0 fully saturated rings. The molecule has 21 heavy (non-hydrogen) atoms. The molecule has 0 saturated heterocycles. The fraction of sp³-hybridized carbons (Fsp3) is 0.250. The third-order valence-electron chi connectivity index (χ3n) is 3.32. The molecule has 0 aromatic heterocycles. The van der Waals surface area contributed by atoms with Crippen molar-refractivity contribution in [2.45, 2.75) is 20.8 Å². The lowest BCUT2D eigenvalue weighted by Gasteiger charge is -2.12. The number of nitrogens with zero attached hydrogens (tertiary/aromatic N) is 1. The Morgan fingerprint density at radius 3 is 2.48 bits per heavy atom. The molecular weight excluding hydrogens is 268 g/mol. The SMILES string of the molecule is CCNc1cccc(Oc2cccc(C)c2C)c1[N+](=O)[O-]. The predicted octanol–water partition coefficient (Wildman–Crippen LogP) is 4.44. The molecule has 110 valence electrons. The standard InChI is InChI=1S/C16H18N2O3/c1-4-17-13-8-6-10-15(16(13)18(19)20)21-14-9-5-7-11(2)12(14)3/h5-10,17H,4H2,1-3H3. The van der Waals surface area contributed by atoms with Gasteiger partial charge in [-0.05, 0) is 50.1 Å². The molecule has 0 radical (unpaired) electrons. The van der Waals surface area contributed by atoms with Crippen LogP contribution in [0.15, 0.2) is 36.4 Å². The Bertz CT molecular complexity index is 669. The normalized spacial score (nSPS) is 10.2. The van der Waals surface area contributed by atoms with Crippen molar-refractivity contribution in [3.8, 4) is 11.5 Å². The molecule has 0 atom stereocenters. The zero-order chi connectivity index (χ0) is 15.4. The lowest BCUT2D eigenvalue weighted by Crippen LogP contribution is -2.03. The van der Waals surface area contributed by atoms with Gasteiger partial charge in [-0.25, -0.2) is 0 Å². The Balaban J connectivity index is 2.46. The highest BCUT2D eigenvalue weighted by Gasteiger charge is 2.21. The van der Waals surface area contributed by atoms with Gasteiger partial charge in [0.05, 0.1) is 4.92 Å². The van der Waals surface area contributed by atoms with E-state index in [-0.39, 0.29) is 11.4 Å². The van der Waals surface area contributed by atoms with E-state index >= 15 is 0 Å². The topological polar surface area (TPSA) is 64.4 Å². The summed E-state index contributed by atoms with van der Waals surface area (Å²) in [5.41, 5.74) is 2.48. The average molecular weight is 286 g/mol. The highest BCUT2D eigenvalue weighted by atomic mass is 16.6. The quantitative estimate of drug-likeness (QED) is 0.652. The molecule has 0 spiro atoms. The van der Waals surface area contributed by atoms with E-state index < -0.39 is 4.92 Å². The number of nitro benzene ring substituents is 1. The van der Waals surface area contributed by atoms with Gasteiger partial charge in [0.15, 0.2) is 0 Å². The predicted molar refractivity (Wildman–Crippen MR) is 83.3 cm³/mol. The first-order valence-electron chi connectivity index (χ1n) is 6.80. The van der Waals surface area contributed by atoms with Crippen molar-refractivity contribution in [3.63, 3.8) is 0 Å². The molecule has 0 bridgehead atoms. The molecule has 2 aromatic carbocycles. The number of nitrogens with one attached hydrogen (secondary N) is 1. The maximum atomic E-state index is 11.3. The summed E-state index contributed by atoms with van der Waals surface area (Å²) in [7, 11) is 0. The van der Waals surface area contributed by atoms with E-state index in [9.17, 15) is 10.1 Å². The lowest BCUT2D eigenvalue weighted by molar-refractivity contribution is -0.384. The summed E-state index contributed by atoms with van der Waals surface area (Å²) < 4.78 is 5.79. The summed E-state index contributed by atoms with van der Waals surface area (Å²) in [5.74, 6) is 0.874. The molecule has 0 heterocycles. The average Bonchev–Trinajstić information content (AvgIpc) is 2.44. The second-order valence-electron chi connectivity index (χ2n) is 4.74. The smallest absolute Gasteiger partial charge is 0.334 e. The van der Waals surface area contributed by atoms with E-state index in [1.165, 1.54) is 0 Å². The van der Waals surface area contributed by atoms with E-state index in [1.807, 2.05) is 39.0 Å². The van der Waals surface area contributed by atoms with Gasteiger partial charge in [-0.15, -0.1) is 0 Å². The van der Waals surface area contributed by atoms with Gasteiger partial charge in [0.2, 0.25) is 5.75 Å². The number of para-hydroxylation sites is 1. The maximum Gasteiger partial charge on any atom is 0.334 e. The first-order valence-corrected chi connectivity index (χ1v) is 6.80. The van der Waals surface area contributed by atoms with E-state index in [2.05, 4.69) is 5.32 Å². The number of rotatable bonds is 5. The van der Waals surface area contributed by atoms with Crippen molar-refractivity contribution >= 4 is 11.4 Å². The van der Waals surface area contributed by atoms with Crippen molar-refractivity contribution in [2.75, 3.05) is 11.9 Å². The molecule has 5 heteroatoms. The van der Waals surface area contributed by atoms with Crippen LogP contribution < -0.4 is 10.1 Å². The fourth-order valence-corrected chi connectivity index (χ4v) is 2.08. The van der Waals surface area contributed by atoms with Gasteiger partial charge in [-0.3, -0.25) is 10.1 Å². The zero-order valence-corrected chi connectivity index (χ0v) is 12.3. The zero-order valence-electron chi connectivity index (χ0n) is 12.3. The van der Waals surface area contributed by atoms with Gasteiger partial charge in [0.1, 0.15) is 11.4 Å². The summed E-state index contributed by atoms with van der Waals surface area (Å²) >= 11 is 0. The van der Waals surface area contributed by atoms with E-state index in [4.69, 9.17) is 4.74 Å². The van der Waals surface area contributed by atoms with E-state index in [0.29, 0.717) is 18.0 Å². The Morgan fingerprint density at radius 2 is 1.81 bits per heavy atom. The van der Waals surface area contributed by atoms with Gasteiger partial charge in [-0.1, -0.05) is 18.2 Å². The van der Waals surface area contributed by atoms with Crippen LogP contribution in [-0.4, -0.2) is 11.5 Å². The first kappa shape index (κ1) is 14.8. The second-order valence-corrected chi connectivity index (χ2v) is 4.74. The van der Waals surface area contributed by atoms with Gasteiger partial charge >= 0.3 is 5.69 Å². The number of nitro groups is 1. The largest absolute Gasteiger partial charge is 0.450 e. The molecule has 2 rings (SSSR count). The highest BCUT2D eigenvalue weighted by Crippen LogP contribution is 2.38. The molecule has 1 N–H and O–H groups in total. The number of benzene rings is 2. The monoisotopic (exact) mass is 286 g/mol. The third kappa shape index (κ3) is 3.13. The van der Waals surface area contributed by atoms with E-state index in [1.54, 1.807) is 18.2 Å². The minimum Gasteiger partial charge on any atom is -0.450 e. The third-order valence-corrected chi connectivity index (χ3v) is 3.32. The number of ether oxygens (including phenoxy) is 1. The molecule has 5 nitrogen and oxygen atoms in total. The highest BCUT2D eigenvalue weighted by molar-refractivity contribution is 5.69. The van der Waals surface area contributed by atoms with Crippen molar-refractivity contribution in [1.29, 1.82) is 0 Å². The Morgan fingerprint density at radius 1 is 1.14 bits per heavy atom. The van der Waals surface area contributed by atoms with Gasteiger partial charge in [0.25, 0.3) is 0 Å². The van der Waals surface area contributed by atoms with Crippen LogP contribution in [0.4, 0.5) is 11.4 Å². The van der Waals surface area contributed by atoms with Crippen molar-refractivity contribution in [3.05, 3.63) is 57.6 Å². The molecule has 0 unspecified atom stereocenters. The molecule has 0 aliphatic carbocycles. The Hall–Kier alpha value is -2.56. The van der Waals surface area contributed by atoms with Crippen LogP contribution in [0.1, 0.15) is 18.1 Å². The Labute approximate surface area is 123 Å². The van der Waals surface area contributed by atoms with Crippen molar-refractivity contribution in [2.24, 2.45) is 0 Å². The summed E-state index contributed by atoms with van der Waals surface area (Å²) in [6.07, 6.45) is 0. The molecule has 0 aliphatic heterocycles. The minimum atomic E-state index is -0.418. The van der Waals surface area contributed by atoms with Crippen molar-refractivity contribution in [1.82, 2.24) is 0 Å². The van der Waals surface area contributed by atoms with Crippen LogP contribution in [-0.2, 0) is 0 Å². The summed E-state index contributed by atoms with van der Waals surface area (Å²) in [6.45, 7) is 6.41. The van der Waals surface area contributed by atoms with Gasteiger partial charge in [-0.2, -0.15) is 0 Å². The van der Waals surface area contributed by atoms with Gasteiger partial charge < -0.3 is 10.1 Å². The molecule has 0 aliphatic rings. The Kier molecular flexibility index (Phi) is 4.42. The molecule has 0 saturated carbocycles. The number of anilines is 1. The maximum absolute atomic E-state index is 11.3. The second kappa shape index (κ2) is 6.26. The van der Waals surface area contributed by atoms with Gasteiger partial charge in [0, 0.05) is 6.54 Å². The summed E-state index contributed by atoms with van der Waals surface area (Å²) in [4.78, 5) is 10.9.